The molecule has 0 unspecified atom stereocenters. The SMILES string of the molecule is Cc1cc(=O)c(CC(=O)O)nn1-c1ccc(F)cc1F. The maximum absolute atomic E-state index is 13.7. The van der Waals surface area contributed by atoms with Gasteiger partial charge in [-0.3, -0.25) is 9.59 Å². The minimum atomic E-state index is -1.22. The topological polar surface area (TPSA) is 72.2 Å². The molecule has 5 nitrogen and oxygen atoms in total. The Morgan fingerprint density at radius 2 is 2.05 bits per heavy atom. The standard InChI is InChI=1S/C13H10F2N2O3/c1-7-4-12(18)10(6-13(19)20)16-17(7)11-3-2-8(14)5-9(11)15/h2-5H,6H2,1H3,(H,19,20). The highest BCUT2D eigenvalue weighted by Crippen LogP contribution is 2.15. The Morgan fingerprint density at radius 1 is 1.35 bits per heavy atom. The first kappa shape index (κ1) is 13.9. The van der Waals surface area contributed by atoms with Gasteiger partial charge in [-0.15, -0.1) is 0 Å². The summed E-state index contributed by atoms with van der Waals surface area (Å²) in [5.74, 6) is -2.81. The van der Waals surface area contributed by atoms with Crippen LogP contribution in [0.15, 0.2) is 29.1 Å². The van der Waals surface area contributed by atoms with Crippen LogP contribution in [0.25, 0.3) is 5.69 Å². The van der Waals surface area contributed by atoms with E-state index >= 15 is 0 Å². The van der Waals surface area contributed by atoms with Crippen molar-refractivity contribution >= 4 is 5.97 Å². The van der Waals surface area contributed by atoms with Crippen LogP contribution in [0, 0.1) is 18.6 Å². The minimum absolute atomic E-state index is 0.0597. The van der Waals surface area contributed by atoms with Gasteiger partial charge in [0.15, 0.2) is 5.82 Å². The van der Waals surface area contributed by atoms with Crippen LogP contribution in [-0.4, -0.2) is 20.9 Å². The molecule has 7 heteroatoms. The molecule has 0 saturated carbocycles. The van der Waals surface area contributed by atoms with Crippen molar-refractivity contribution in [1.29, 1.82) is 0 Å². The van der Waals surface area contributed by atoms with Crippen LogP contribution in [0.2, 0.25) is 0 Å². The summed E-state index contributed by atoms with van der Waals surface area (Å²) >= 11 is 0. The van der Waals surface area contributed by atoms with Crippen LogP contribution < -0.4 is 5.43 Å². The molecule has 1 N–H and O–H groups in total. The minimum Gasteiger partial charge on any atom is -0.481 e. The predicted octanol–water partition coefficient (Wildman–Crippen LogP) is 1.45. The van der Waals surface area contributed by atoms with Gasteiger partial charge in [-0.25, -0.2) is 13.5 Å². The zero-order chi connectivity index (χ0) is 14.9. The van der Waals surface area contributed by atoms with E-state index < -0.39 is 29.5 Å². The van der Waals surface area contributed by atoms with Gasteiger partial charge in [0, 0.05) is 17.8 Å². The second-order valence-corrected chi connectivity index (χ2v) is 4.17. The van der Waals surface area contributed by atoms with Crippen LogP contribution in [0.1, 0.15) is 11.4 Å². The highest BCUT2D eigenvalue weighted by Gasteiger charge is 2.13. The van der Waals surface area contributed by atoms with E-state index in [2.05, 4.69) is 5.10 Å². The highest BCUT2D eigenvalue weighted by atomic mass is 19.1. The number of benzene rings is 1. The van der Waals surface area contributed by atoms with E-state index in [0.717, 1.165) is 16.8 Å². The molecule has 104 valence electrons. The number of halogens is 2. The third-order valence-electron chi connectivity index (χ3n) is 2.64. The Bertz CT molecular complexity index is 741. The fourth-order valence-corrected chi connectivity index (χ4v) is 1.75. The Balaban J connectivity index is 2.61. The molecule has 0 saturated heterocycles. The van der Waals surface area contributed by atoms with E-state index in [1.165, 1.54) is 13.0 Å². The number of aromatic nitrogens is 2. The van der Waals surface area contributed by atoms with Gasteiger partial charge in [0.25, 0.3) is 0 Å². The number of hydrogen-bond donors (Lipinski definition) is 1. The molecular weight excluding hydrogens is 270 g/mol. The lowest BCUT2D eigenvalue weighted by atomic mass is 10.2. The van der Waals surface area contributed by atoms with Crippen molar-refractivity contribution in [3.63, 3.8) is 0 Å². The molecule has 0 aliphatic heterocycles. The summed E-state index contributed by atoms with van der Waals surface area (Å²) in [6.45, 7) is 1.52. The van der Waals surface area contributed by atoms with Crippen molar-refractivity contribution < 1.29 is 18.7 Å². The van der Waals surface area contributed by atoms with Crippen LogP contribution in [0.3, 0.4) is 0 Å². The monoisotopic (exact) mass is 280 g/mol. The van der Waals surface area contributed by atoms with Crippen LogP contribution >= 0.6 is 0 Å². The molecule has 2 aromatic rings. The van der Waals surface area contributed by atoms with Gasteiger partial charge in [-0.05, 0) is 19.1 Å². The summed E-state index contributed by atoms with van der Waals surface area (Å²) in [5.41, 5.74) is -0.499. The molecule has 1 heterocycles. The smallest absolute Gasteiger partial charge is 0.309 e. The maximum Gasteiger partial charge on any atom is 0.309 e. The lowest BCUT2D eigenvalue weighted by molar-refractivity contribution is -0.136. The first-order chi connectivity index (χ1) is 9.38. The first-order valence-corrected chi connectivity index (χ1v) is 5.65. The number of carbonyl (C=O) groups is 1. The first-order valence-electron chi connectivity index (χ1n) is 5.65. The Kier molecular flexibility index (Phi) is 3.60. The number of aryl methyl sites for hydroxylation is 1. The average Bonchev–Trinajstić information content (AvgIpc) is 2.33. The second kappa shape index (κ2) is 5.20. The van der Waals surface area contributed by atoms with Gasteiger partial charge in [0.1, 0.15) is 17.2 Å². The summed E-state index contributed by atoms with van der Waals surface area (Å²) in [6.07, 6.45) is -0.568. The number of hydrogen-bond acceptors (Lipinski definition) is 3. The molecule has 0 fully saturated rings. The third-order valence-corrected chi connectivity index (χ3v) is 2.64. The van der Waals surface area contributed by atoms with E-state index in [0.29, 0.717) is 11.8 Å². The van der Waals surface area contributed by atoms with E-state index in [4.69, 9.17) is 5.11 Å². The molecule has 20 heavy (non-hydrogen) atoms. The average molecular weight is 280 g/mol. The van der Waals surface area contributed by atoms with E-state index in [9.17, 15) is 18.4 Å². The van der Waals surface area contributed by atoms with Crippen molar-refractivity contribution in [1.82, 2.24) is 9.78 Å². The van der Waals surface area contributed by atoms with Crippen molar-refractivity contribution in [3.05, 3.63) is 57.5 Å². The van der Waals surface area contributed by atoms with Gasteiger partial charge in [0.2, 0.25) is 5.43 Å². The lowest BCUT2D eigenvalue weighted by Gasteiger charge is -2.11. The number of aliphatic carboxylic acids is 1. The number of rotatable bonds is 3. The molecular formula is C13H10F2N2O3. The maximum atomic E-state index is 13.7. The Hall–Kier alpha value is -2.57. The molecule has 0 atom stereocenters. The molecule has 0 aliphatic carbocycles. The number of carboxylic acid groups (broad SMARTS) is 1. The number of carboxylic acids is 1. The van der Waals surface area contributed by atoms with Crippen molar-refractivity contribution in [3.8, 4) is 5.69 Å². The predicted molar refractivity (Wildman–Crippen MR) is 65.8 cm³/mol. The summed E-state index contributed by atoms with van der Waals surface area (Å²) in [6, 6.07) is 4.06. The van der Waals surface area contributed by atoms with Gasteiger partial charge in [-0.1, -0.05) is 0 Å². The summed E-state index contributed by atoms with van der Waals surface area (Å²) in [5, 5.41) is 12.5. The molecule has 0 aliphatic rings. The zero-order valence-electron chi connectivity index (χ0n) is 10.4. The van der Waals surface area contributed by atoms with Crippen LogP contribution in [0.4, 0.5) is 8.78 Å². The lowest BCUT2D eigenvalue weighted by Crippen LogP contribution is -2.21. The Labute approximate surface area is 112 Å². The molecule has 0 bridgehead atoms. The summed E-state index contributed by atoms with van der Waals surface area (Å²) < 4.78 is 27.7. The summed E-state index contributed by atoms with van der Waals surface area (Å²) in [7, 11) is 0. The normalized spacial score (nSPS) is 10.6. The highest BCUT2D eigenvalue weighted by molar-refractivity contribution is 5.69. The molecule has 1 aromatic carbocycles. The quantitative estimate of drug-likeness (QED) is 0.923. The largest absolute Gasteiger partial charge is 0.481 e. The number of nitrogens with zero attached hydrogens (tertiary/aromatic N) is 2. The van der Waals surface area contributed by atoms with Crippen LogP contribution in [-0.2, 0) is 11.2 Å². The fourth-order valence-electron chi connectivity index (χ4n) is 1.75. The van der Waals surface area contributed by atoms with Gasteiger partial charge in [0.05, 0.1) is 6.42 Å². The van der Waals surface area contributed by atoms with Crippen LogP contribution in [0.5, 0.6) is 0 Å². The van der Waals surface area contributed by atoms with E-state index in [-0.39, 0.29) is 11.4 Å². The van der Waals surface area contributed by atoms with Gasteiger partial charge < -0.3 is 5.11 Å². The van der Waals surface area contributed by atoms with Gasteiger partial charge >= 0.3 is 5.97 Å². The van der Waals surface area contributed by atoms with Crippen molar-refractivity contribution in [2.24, 2.45) is 0 Å². The van der Waals surface area contributed by atoms with Crippen molar-refractivity contribution in [2.75, 3.05) is 0 Å². The molecule has 1 aromatic heterocycles. The summed E-state index contributed by atoms with van der Waals surface area (Å²) in [4.78, 5) is 22.3. The van der Waals surface area contributed by atoms with Crippen molar-refractivity contribution in [2.45, 2.75) is 13.3 Å². The third kappa shape index (κ3) is 2.71. The zero-order valence-corrected chi connectivity index (χ0v) is 10.4. The Morgan fingerprint density at radius 3 is 2.65 bits per heavy atom. The molecule has 0 radical (unpaired) electrons. The molecule has 0 spiro atoms. The molecule has 2 rings (SSSR count). The van der Waals surface area contributed by atoms with E-state index in [1.807, 2.05) is 0 Å². The van der Waals surface area contributed by atoms with Gasteiger partial charge in [-0.2, -0.15) is 5.10 Å². The molecule has 0 amide bonds. The fraction of sp³-hybridized carbons (Fsp3) is 0.154. The second-order valence-electron chi connectivity index (χ2n) is 4.17. The van der Waals surface area contributed by atoms with E-state index in [1.54, 1.807) is 0 Å².